The van der Waals surface area contributed by atoms with Crippen molar-refractivity contribution in [1.29, 1.82) is 0 Å². The number of hydrogen-bond acceptors (Lipinski definition) is 5. The predicted molar refractivity (Wildman–Crippen MR) is 128 cm³/mol. The van der Waals surface area contributed by atoms with E-state index in [1.165, 1.54) is 24.3 Å². The molecule has 1 heterocycles. The average Bonchev–Trinajstić information content (AvgIpc) is 2.89. The number of carbonyl (C=O) groups is 3. The minimum atomic E-state index is -0.458. The van der Waals surface area contributed by atoms with E-state index in [0.717, 1.165) is 0 Å². The maximum Gasteiger partial charge on any atom is 0.309 e. The fraction of sp³-hybridized carbons (Fsp3) is 0.222. The first kappa shape index (κ1) is 23.9. The zero-order chi connectivity index (χ0) is 24.6. The number of nitrogens with one attached hydrogen (secondary N) is 1. The molecule has 2 amide bonds. The Hall–Kier alpha value is -4.20. The van der Waals surface area contributed by atoms with Crippen LogP contribution in [-0.4, -0.2) is 42.4 Å². The highest BCUT2D eigenvalue weighted by Crippen LogP contribution is 2.23. The van der Waals surface area contributed by atoms with Crippen molar-refractivity contribution in [1.82, 2.24) is 4.90 Å². The Labute approximate surface area is 202 Å². The van der Waals surface area contributed by atoms with E-state index in [9.17, 15) is 18.8 Å². The van der Waals surface area contributed by atoms with Gasteiger partial charge in [-0.3, -0.25) is 14.4 Å². The molecule has 0 unspecified atom stereocenters. The van der Waals surface area contributed by atoms with Crippen molar-refractivity contribution in [3.8, 4) is 11.5 Å². The Morgan fingerprint density at radius 3 is 2.14 bits per heavy atom. The highest BCUT2D eigenvalue weighted by atomic mass is 19.1. The molecule has 0 aliphatic carbocycles. The molecular weight excluding hydrogens is 451 g/mol. The Morgan fingerprint density at radius 1 is 0.857 bits per heavy atom. The van der Waals surface area contributed by atoms with Gasteiger partial charge in [-0.2, -0.15) is 0 Å². The van der Waals surface area contributed by atoms with Crippen LogP contribution in [0.1, 0.15) is 23.2 Å². The number of benzene rings is 3. The molecule has 7 nitrogen and oxygen atoms in total. The molecule has 0 spiro atoms. The van der Waals surface area contributed by atoms with Crippen LogP contribution in [-0.2, 0) is 14.3 Å². The maximum atomic E-state index is 13.1. The number of likely N-dealkylation sites (tertiary alicyclic amines) is 1. The number of rotatable bonds is 7. The van der Waals surface area contributed by atoms with Crippen LogP contribution in [0.4, 0.5) is 10.1 Å². The van der Waals surface area contributed by atoms with Crippen molar-refractivity contribution >= 4 is 23.5 Å². The largest absolute Gasteiger partial charge is 0.457 e. The molecule has 180 valence electrons. The molecule has 3 aromatic rings. The average molecular weight is 477 g/mol. The number of carbonyl (C=O) groups excluding carboxylic acids is 3. The summed E-state index contributed by atoms with van der Waals surface area (Å²) in [4.78, 5) is 38.7. The summed E-state index contributed by atoms with van der Waals surface area (Å²) in [7, 11) is 0. The Morgan fingerprint density at radius 2 is 1.49 bits per heavy atom. The van der Waals surface area contributed by atoms with Gasteiger partial charge >= 0.3 is 5.97 Å². The number of amides is 2. The summed E-state index contributed by atoms with van der Waals surface area (Å²) >= 11 is 0. The minimum absolute atomic E-state index is 0.198. The summed E-state index contributed by atoms with van der Waals surface area (Å²) in [6.45, 7) is 0.384. The number of halogens is 1. The predicted octanol–water partition coefficient (Wildman–Crippen LogP) is 4.65. The van der Waals surface area contributed by atoms with Crippen LogP contribution in [0.2, 0.25) is 0 Å². The van der Waals surface area contributed by atoms with Gasteiger partial charge in [-0.15, -0.1) is 0 Å². The van der Waals surface area contributed by atoms with Crippen LogP contribution in [0.5, 0.6) is 11.5 Å². The van der Waals surface area contributed by atoms with Gasteiger partial charge in [-0.05, 0) is 73.5 Å². The van der Waals surface area contributed by atoms with Crippen LogP contribution in [0.25, 0.3) is 0 Å². The third-order valence-corrected chi connectivity index (χ3v) is 5.67. The smallest absolute Gasteiger partial charge is 0.309 e. The van der Waals surface area contributed by atoms with Crippen molar-refractivity contribution in [2.45, 2.75) is 12.8 Å². The Balaban J connectivity index is 1.18. The molecule has 35 heavy (non-hydrogen) atoms. The molecule has 1 fully saturated rings. The van der Waals surface area contributed by atoms with Gasteiger partial charge in [0.15, 0.2) is 6.61 Å². The van der Waals surface area contributed by atoms with Crippen molar-refractivity contribution in [2.24, 2.45) is 5.92 Å². The first-order chi connectivity index (χ1) is 17.0. The van der Waals surface area contributed by atoms with Crippen LogP contribution >= 0.6 is 0 Å². The lowest BCUT2D eigenvalue weighted by molar-refractivity contribution is -0.152. The lowest BCUT2D eigenvalue weighted by atomic mass is 9.96. The molecular formula is C27H25FN2O5. The van der Waals surface area contributed by atoms with Gasteiger partial charge in [0.2, 0.25) is 0 Å². The molecule has 0 bridgehead atoms. The number of nitrogens with zero attached hydrogens (tertiary/aromatic N) is 1. The maximum absolute atomic E-state index is 13.1. The molecule has 1 aliphatic rings. The van der Waals surface area contributed by atoms with Crippen LogP contribution < -0.4 is 10.1 Å². The van der Waals surface area contributed by atoms with Crippen LogP contribution in [0, 0.1) is 11.7 Å². The van der Waals surface area contributed by atoms with E-state index in [1.807, 2.05) is 30.3 Å². The zero-order valence-electron chi connectivity index (χ0n) is 19.0. The monoisotopic (exact) mass is 476 g/mol. The van der Waals surface area contributed by atoms with E-state index in [-0.39, 0.29) is 11.8 Å². The van der Waals surface area contributed by atoms with E-state index in [4.69, 9.17) is 9.47 Å². The standard InChI is InChI=1S/C27H25FN2O5/c28-21-8-6-19(7-9-21)26(32)30-16-14-20(15-17-30)27(33)34-18-25(31)29-22-10-12-24(13-11-22)35-23-4-2-1-3-5-23/h1-13,20H,14-18H2,(H,29,31). The van der Waals surface area contributed by atoms with Gasteiger partial charge < -0.3 is 19.7 Å². The third kappa shape index (κ3) is 6.66. The van der Waals surface area contributed by atoms with Gasteiger partial charge in [0.25, 0.3) is 11.8 Å². The van der Waals surface area contributed by atoms with E-state index in [0.29, 0.717) is 48.7 Å². The normalized spacial score (nSPS) is 13.7. The number of ether oxygens (including phenoxy) is 2. The van der Waals surface area contributed by atoms with Gasteiger partial charge in [0.1, 0.15) is 17.3 Å². The molecule has 8 heteroatoms. The number of anilines is 1. The zero-order valence-corrected chi connectivity index (χ0v) is 19.0. The first-order valence-corrected chi connectivity index (χ1v) is 11.3. The molecule has 0 aromatic heterocycles. The fourth-order valence-electron chi connectivity index (χ4n) is 3.78. The number of para-hydroxylation sites is 1. The minimum Gasteiger partial charge on any atom is -0.457 e. The van der Waals surface area contributed by atoms with Crippen LogP contribution in [0.3, 0.4) is 0 Å². The summed E-state index contributed by atoms with van der Waals surface area (Å²) in [5, 5.41) is 2.68. The summed E-state index contributed by atoms with van der Waals surface area (Å²) in [6, 6.07) is 21.6. The number of hydrogen-bond donors (Lipinski definition) is 1. The molecule has 0 atom stereocenters. The third-order valence-electron chi connectivity index (χ3n) is 5.67. The summed E-state index contributed by atoms with van der Waals surface area (Å²) in [5.41, 5.74) is 0.961. The molecule has 1 aliphatic heterocycles. The second-order valence-corrected chi connectivity index (χ2v) is 8.17. The SMILES string of the molecule is O=C(COC(=O)C1CCN(C(=O)c2ccc(F)cc2)CC1)Nc1ccc(Oc2ccccc2)cc1. The summed E-state index contributed by atoms with van der Waals surface area (Å²) in [6.07, 6.45) is 0.881. The van der Waals surface area contributed by atoms with Gasteiger partial charge in [0, 0.05) is 24.3 Å². The van der Waals surface area contributed by atoms with Gasteiger partial charge in [-0.1, -0.05) is 18.2 Å². The number of esters is 1. The molecule has 4 rings (SSSR count). The van der Waals surface area contributed by atoms with E-state index in [1.54, 1.807) is 29.2 Å². The first-order valence-electron chi connectivity index (χ1n) is 11.3. The van der Waals surface area contributed by atoms with Gasteiger partial charge in [0.05, 0.1) is 5.92 Å². The van der Waals surface area contributed by atoms with Crippen molar-refractivity contribution in [3.63, 3.8) is 0 Å². The molecule has 0 radical (unpaired) electrons. The Bertz CT molecular complexity index is 1160. The van der Waals surface area contributed by atoms with Crippen molar-refractivity contribution in [2.75, 3.05) is 25.0 Å². The quantitative estimate of drug-likeness (QED) is 0.502. The molecule has 0 saturated carbocycles. The highest BCUT2D eigenvalue weighted by molar-refractivity contribution is 5.94. The van der Waals surface area contributed by atoms with Crippen LogP contribution in [0.15, 0.2) is 78.9 Å². The van der Waals surface area contributed by atoms with E-state index in [2.05, 4.69) is 5.32 Å². The summed E-state index contributed by atoms with van der Waals surface area (Å²) in [5.74, 6) is -0.543. The highest BCUT2D eigenvalue weighted by Gasteiger charge is 2.29. The molecule has 1 N–H and O–H groups in total. The lowest BCUT2D eigenvalue weighted by Crippen LogP contribution is -2.41. The summed E-state index contributed by atoms with van der Waals surface area (Å²) < 4.78 is 24.0. The van der Waals surface area contributed by atoms with E-state index < -0.39 is 24.3 Å². The number of piperidine rings is 1. The molecule has 1 saturated heterocycles. The topological polar surface area (TPSA) is 84.9 Å². The second kappa shape index (κ2) is 11.3. The second-order valence-electron chi connectivity index (χ2n) is 8.17. The van der Waals surface area contributed by atoms with Crippen molar-refractivity contribution < 1.29 is 28.2 Å². The van der Waals surface area contributed by atoms with Gasteiger partial charge in [-0.25, -0.2) is 4.39 Å². The Kier molecular flexibility index (Phi) is 7.72. The molecule has 3 aromatic carbocycles. The lowest BCUT2D eigenvalue weighted by Gasteiger charge is -2.31. The van der Waals surface area contributed by atoms with E-state index >= 15 is 0 Å². The fourth-order valence-corrected chi connectivity index (χ4v) is 3.78. The van der Waals surface area contributed by atoms with Crippen molar-refractivity contribution in [3.05, 3.63) is 90.2 Å².